The van der Waals surface area contributed by atoms with Crippen LogP contribution in [0, 0.1) is 13.8 Å². The van der Waals surface area contributed by atoms with Gasteiger partial charge in [0.15, 0.2) is 0 Å². The molecule has 166 valence electrons. The molecule has 0 aromatic heterocycles. The van der Waals surface area contributed by atoms with Gasteiger partial charge in [0.1, 0.15) is 12.6 Å². The number of rotatable bonds is 10. The number of aryl methyl sites for hydroxylation is 2. The van der Waals surface area contributed by atoms with Crippen molar-refractivity contribution in [1.29, 1.82) is 0 Å². The maximum Gasteiger partial charge on any atom is 0.407 e. The molecule has 0 saturated carbocycles. The zero-order valence-electron chi connectivity index (χ0n) is 17.8. The van der Waals surface area contributed by atoms with Gasteiger partial charge in [-0.25, -0.2) is 4.79 Å². The number of nitrogens with two attached hydrogens (primary N) is 1. The zero-order valence-corrected chi connectivity index (χ0v) is 17.8. The molecular formula is C23H29N3O5. The van der Waals surface area contributed by atoms with Gasteiger partial charge in [-0.05, 0) is 36.1 Å². The van der Waals surface area contributed by atoms with Crippen molar-refractivity contribution in [2.75, 3.05) is 6.54 Å². The monoisotopic (exact) mass is 427 g/mol. The molecule has 2 atom stereocenters. The van der Waals surface area contributed by atoms with Crippen LogP contribution in [0.2, 0.25) is 0 Å². The molecule has 2 rings (SSSR count). The Bertz CT molecular complexity index is 881. The van der Waals surface area contributed by atoms with E-state index in [0.717, 1.165) is 22.3 Å². The average Bonchev–Trinajstić information content (AvgIpc) is 2.73. The van der Waals surface area contributed by atoms with Gasteiger partial charge < -0.3 is 26.2 Å². The van der Waals surface area contributed by atoms with Crippen LogP contribution in [0.15, 0.2) is 48.5 Å². The Kier molecular flexibility index (Phi) is 9.02. The maximum absolute atomic E-state index is 12.3. The highest BCUT2D eigenvalue weighted by atomic mass is 16.5. The molecule has 8 nitrogen and oxygen atoms in total. The van der Waals surface area contributed by atoms with Gasteiger partial charge in [-0.15, -0.1) is 0 Å². The summed E-state index contributed by atoms with van der Waals surface area (Å²) in [6.45, 7) is 3.78. The number of hydrogen-bond donors (Lipinski definition) is 4. The molecule has 0 bridgehead atoms. The van der Waals surface area contributed by atoms with Gasteiger partial charge in [0.25, 0.3) is 0 Å². The molecule has 2 aromatic carbocycles. The van der Waals surface area contributed by atoms with E-state index in [1.807, 2.05) is 62.4 Å². The lowest BCUT2D eigenvalue weighted by atomic mass is 9.96. The van der Waals surface area contributed by atoms with E-state index in [1.54, 1.807) is 0 Å². The van der Waals surface area contributed by atoms with Crippen molar-refractivity contribution in [2.24, 2.45) is 5.73 Å². The SMILES string of the molecule is Cc1cccc(C)c1C[C@@H](NC(=O)C[C@H](O)CNC(=O)OCc1ccccc1)C(N)=O. The predicted molar refractivity (Wildman–Crippen MR) is 116 cm³/mol. The fraction of sp³-hybridized carbons (Fsp3) is 0.348. The van der Waals surface area contributed by atoms with E-state index in [-0.39, 0.29) is 26.0 Å². The van der Waals surface area contributed by atoms with Crippen LogP contribution in [0.5, 0.6) is 0 Å². The lowest BCUT2D eigenvalue weighted by Gasteiger charge is -2.19. The van der Waals surface area contributed by atoms with Gasteiger partial charge in [0, 0.05) is 13.0 Å². The minimum Gasteiger partial charge on any atom is -0.445 e. The van der Waals surface area contributed by atoms with E-state index in [1.165, 1.54) is 0 Å². The first-order valence-corrected chi connectivity index (χ1v) is 10.0. The number of alkyl carbamates (subject to hydrolysis) is 1. The van der Waals surface area contributed by atoms with Crippen molar-refractivity contribution in [3.05, 3.63) is 70.8 Å². The number of benzene rings is 2. The van der Waals surface area contributed by atoms with E-state index in [4.69, 9.17) is 10.5 Å². The minimum absolute atomic E-state index is 0.0991. The summed E-state index contributed by atoms with van der Waals surface area (Å²) in [5.74, 6) is -1.20. The number of nitrogens with one attached hydrogen (secondary N) is 2. The molecular weight excluding hydrogens is 398 g/mol. The molecule has 3 amide bonds. The minimum atomic E-state index is -1.14. The van der Waals surface area contributed by atoms with Crippen molar-refractivity contribution in [3.8, 4) is 0 Å². The van der Waals surface area contributed by atoms with E-state index < -0.39 is 30.1 Å². The third-order valence-electron chi connectivity index (χ3n) is 4.85. The molecule has 0 saturated heterocycles. The van der Waals surface area contributed by atoms with E-state index >= 15 is 0 Å². The highest BCUT2D eigenvalue weighted by Crippen LogP contribution is 2.15. The Morgan fingerprint density at radius 1 is 1.03 bits per heavy atom. The molecule has 0 fully saturated rings. The summed E-state index contributed by atoms with van der Waals surface area (Å²) in [4.78, 5) is 35.8. The van der Waals surface area contributed by atoms with Crippen molar-refractivity contribution < 1.29 is 24.2 Å². The van der Waals surface area contributed by atoms with Crippen LogP contribution >= 0.6 is 0 Å². The van der Waals surface area contributed by atoms with E-state index in [9.17, 15) is 19.5 Å². The summed E-state index contributed by atoms with van der Waals surface area (Å²) in [5.41, 5.74) is 9.22. The highest BCUT2D eigenvalue weighted by Gasteiger charge is 2.22. The van der Waals surface area contributed by atoms with Crippen LogP contribution < -0.4 is 16.4 Å². The van der Waals surface area contributed by atoms with Crippen LogP contribution in [-0.2, 0) is 27.4 Å². The predicted octanol–water partition coefficient (Wildman–Crippen LogP) is 1.49. The Labute approximate surface area is 181 Å². The number of carbonyl (C=O) groups is 3. The second-order valence-electron chi connectivity index (χ2n) is 7.40. The quantitative estimate of drug-likeness (QED) is 0.456. The molecule has 0 spiro atoms. The van der Waals surface area contributed by atoms with E-state index in [0.29, 0.717) is 0 Å². The van der Waals surface area contributed by atoms with Gasteiger partial charge >= 0.3 is 6.09 Å². The second kappa shape index (κ2) is 11.7. The topological polar surface area (TPSA) is 131 Å². The molecule has 0 radical (unpaired) electrons. The highest BCUT2D eigenvalue weighted by molar-refractivity contribution is 5.87. The summed E-state index contributed by atoms with van der Waals surface area (Å²) in [5, 5.41) is 15.0. The van der Waals surface area contributed by atoms with Crippen LogP contribution in [-0.4, -0.2) is 41.7 Å². The first-order chi connectivity index (χ1) is 14.8. The van der Waals surface area contributed by atoms with Gasteiger partial charge in [-0.3, -0.25) is 9.59 Å². The summed E-state index contributed by atoms with van der Waals surface area (Å²) in [7, 11) is 0. The van der Waals surface area contributed by atoms with Crippen molar-refractivity contribution in [2.45, 2.75) is 45.4 Å². The summed E-state index contributed by atoms with van der Waals surface area (Å²) in [6.07, 6.45) is -1.87. The number of aliphatic hydroxyl groups is 1. The summed E-state index contributed by atoms with van der Waals surface area (Å²) in [6, 6.07) is 14.0. The Hall–Kier alpha value is -3.39. The van der Waals surface area contributed by atoms with Crippen LogP contribution in [0.1, 0.15) is 28.7 Å². The average molecular weight is 428 g/mol. The molecule has 31 heavy (non-hydrogen) atoms. The molecule has 0 aliphatic rings. The fourth-order valence-electron chi connectivity index (χ4n) is 3.11. The molecule has 0 aliphatic heterocycles. The summed E-state index contributed by atoms with van der Waals surface area (Å²) < 4.78 is 5.05. The smallest absolute Gasteiger partial charge is 0.407 e. The summed E-state index contributed by atoms with van der Waals surface area (Å²) >= 11 is 0. The van der Waals surface area contributed by atoms with Crippen LogP contribution in [0.3, 0.4) is 0 Å². The molecule has 0 heterocycles. The number of primary amides is 1. The Morgan fingerprint density at radius 2 is 1.68 bits per heavy atom. The first kappa shape index (κ1) is 23.9. The van der Waals surface area contributed by atoms with E-state index in [2.05, 4.69) is 10.6 Å². The van der Waals surface area contributed by atoms with Gasteiger partial charge in [-0.1, -0.05) is 48.5 Å². The van der Waals surface area contributed by atoms with Crippen molar-refractivity contribution >= 4 is 17.9 Å². The third-order valence-corrected chi connectivity index (χ3v) is 4.85. The van der Waals surface area contributed by atoms with Gasteiger partial charge in [0.2, 0.25) is 11.8 Å². The van der Waals surface area contributed by atoms with Gasteiger partial charge in [0.05, 0.1) is 12.5 Å². The zero-order chi connectivity index (χ0) is 22.8. The first-order valence-electron chi connectivity index (χ1n) is 10.0. The number of hydrogen-bond acceptors (Lipinski definition) is 5. The van der Waals surface area contributed by atoms with Crippen LogP contribution in [0.4, 0.5) is 4.79 Å². The Morgan fingerprint density at radius 3 is 2.29 bits per heavy atom. The van der Waals surface area contributed by atoms with Crippen molar-refractivity contribution in [3.63, 3.8) is 0 Å². The fourth-order valence-corrected chi connectivity index (χ4v) is 3.11. The van der Waals surface area contributed by atoms with Gasteiger partial charge in [-0.2, -0.15) is 0 Å². The maximum atomic E-state index is 12.3. The normalized spacial score (nSPS) is 12.5. The van der Waals surface area contributed by atoms with Crippen molar-refractivity contribution in [1.82, 2.24) is 10.6 Å². The largest absolute Gasteiger partial charge is 0.445 e. The van der Waals surface area contributed by atoms with Crippen LogP contribution in [0.25, 0.3) is 0 Å². The molecule has 0 unspecified atom stereocenters. The number of amides is 3. The molecule has 0 aliphatic carbocycles. The number of ether oxygens (including phenoxy) is 1. The Balaban J connectivity index is 1.78. The standard InChI is InChI=1S/C23H29N3O5/c1-15-7-6-8-16(2)19(15)12-20(22(24)29)26-21(28)11-18(27)13-25-23(30)31-14-17-9-4-3-5-10-17/h3-10,18,20,27H,11-14H2,1-2H3,(H2,24,29)(H,25,30)(H,26,28)/t18-,20+/m0/s1. The second-order valence-corrected chi connectivity index (χ2v) is 7.40. The number of aliphatic hydroxyl groups excluding tert-OH is 1. The molecule has 5 N–H and O–H groups in total. The molecule has 2 aromatic rings. The molecule has 8 heteroatoms. The number of carbonyl (C=O) groups excluding carboxylic acids is 3. The third kappa shape index (κ3) is 8.10. The lowest BCUT2D eigenvalue weighted by molar-refractivity contribution is -0.128. The lowest BCUT2D eigenvalue weighted by Crippen LogP contribution is -2.47.